The number of hydrogen-bond donors (Lipinski definition) is 3. The van der Waals surface area contributed by atoms with Crippen LogP contribution in [0.2, 0.25) is 0 Å². The summed E-state index contributed by atoms with van der Waals surface area (Å²) in [5.41, 5.74) is 6.53. The molecule has 0 atom stereocenters. The topological polar surface area (TPSA) is 101 Å². The van der Waals surface area contributed by atoms with Crippen LogP contribution in [-0.4, -0.2) is 24.3 Å². The third-order valence-corrected chi connectivity index (χ3v) is 3.19. The molecular formula is C17H17N3O3. The molecule has 0 heterocycles. The molecule has 0 bridgehead atoms. The van der Waals surface area contributed by atoms with E-state index in [1.807, 2.05) is 30.3 Å². The summed E-state index contributed by atoms with van der Waals surface area (Å²) < 4.78 is 0. The van der Waals surface area contributed by atoms with Crippen molar-refractivity contribution in [3.8, 4) is 0 Å². The quantitative estimate of drug-likeness (QED) is 0.720. The number of amides is 3. The third kappa shape index (κ3) is 4.67. The highest BCUT2D eigenvalue weighted by molar-refractivity contribution is 6.39. The minimum absolute atomic E-state index is 0.244. The molecule has 6 nitrogen and oxygen atoms in total. The van der Waals surface area contributed by atoms with Crippen LogP contribution >= 0.6 is 0 Å². The smallest absolute Gasteiger partial charge is 0.313 e. The minimum atomic E-state index is -1.11. The van der Waals surface area contributed by atoms with Gasteiger partial charge < -0.3 is 16.4 Å². The van der Waals surface area contributed by atoms with E-state index >= 15 is 0 Å². The number of carbonyl (C=O) groups is 3. The zero-order chi connectivity index (χ0) is 16.7. The molecule has 2 aromatic carbocycles. The highest BCUT2D eigenvalue weighted by Crippen LogP contribution is 2.14. The zero-order valence-corrected chi connectivity index (χ0v) is 12.4. The molecule has 0 radical (unpaired) electrons. The number of primary amides is 1. The summed E-state index contributed by atoms with van der Waals surface area (Å²) in [5, 5.41) is 5.11. The molecule has 23 heavy (non-hydrogen) atoms. The molecule has 0 aliphatic carbocycles. The lowest BCUT2D eigenvalue weighted by Crippen LogP contribution is -2.31. The third-order valence-electron chi connectivity index (χ3n) is 3.19. The highest BCUT2D eigenvalue weighted by Gasteiger charge is 2.15. The fourth-order valence-corrected chi connectivity index (χ4v) is 2.03. The molecule has 4 N–H and O–H groups in total. The summed E-state index contributed by atoms with van der Waals surface area (Å²) >= 11 is 0. The highest BCUT2D eigenvalue weighted by atomic mass is 16.2. The average molecular weight is 311 g/mol. The maximum absolute atomic E-state index is 12.2. The van der Waals surface area contributed by atoms with Crippen molar-refractivity contribution in [2.75, 3.05) is 11.9 Å². The first-order valence-corrected chi connectivity index (χ1v) is 7.10. The van der Waals surface area contributed by atoms with Crippen molar-refractivity contribution in [2.24, 2.45) is 5.73 Å². The number of para-hydroxylation sites is 1. The number of anilines is 1. The van der Waals surface area contributed by atoms with Crippen molar-refractivity contribution in [3.63, 3.8) is 0 Å². The van der Waals surface area contributed by atoms with Gasteiger partial charge in [-0.25, -0.2) is 0 Å². The summed E-state index contributed by atoms with van der Waals surface area (Å²) in [6, 6.07) is 16.2. The summed E-state index contributed by atoms with van der Waals surface area (Å²) in [5.74, 6) is -2.40. The second-order valence-corrected chi connectivity index (χ2v) is 4.86. The van der Waals surface area contributed by atoms with Gasteiger partial charge in [0.2, 0.25) is 0 Å². The molecule has 0 fully saturated rings. The minimum Gasteiger partial charge on any atom is -0.361 e. The molecule has 2 rings (SSSR count). The van der Waals surface area contributed by atoms with Gasteiger partial charge in [0.25, 0.3) is 5.91 Å². The van der Waals surface area contributed by atoms with Crippen LogP contribution in [0.15, 0.2) is 54.6 Å². The summed E-state index contributed by atoms with van der Waals surface area (Å²) in [7, 11) is 0. The maximum atomic E-state index is 12.2. The number of benzene rings is 2. The Labute approximate surface area is 133 Å². The Morgan fingerprint density at radius 1 is 0.913 bits per heavy atom. The predicted octanol–water partition coefficient (Wildman–Crippen LogP) is 1.08. The Balaban J connectivity index is 1.99. The Bertz CT molecular complexity index is 714. The van der Waals surface area contributed by atoms with Gasteiger partial charge in [-0.15, -0.1) is 0 Å². The van der Waals surface area contributed by atoms with Crippen LogP contribution in [0.25, 0.3) is 0 Å². The van der Waals surface area contributed by atoms with E-state index < -0.39 is 11.8 Å². The molecule has 0 spiro atoms. The van der Waals surface area contributed by atoms with Gasteiger partial charge in [-0.1, -0.05) is 42.5 Å². The van der Waals surface area contributed by atoms with Crippen LogP contribution < -0.4 is 16.4 Å². The van der Waals surface area contributed by atoms with Crippen LogP contribution in [0.4, 0.5) is 5.69 Å². The number of rotatable bonds is 5. The predicted molar refractivity (Wildman–Crippen MR) is 86.7 cm³/mol. The Morgan fingerprint density at radius 2 is 1.57 bits per heavy atom. The van der Waals surface area contributed by atoms with Gasteiger partial charge in [0, 0.05) is 6.54 Å². The van der Waals surface area contributed by atoms with Crippen LogP contribution in [0, 0.1) is 0 Å². The Kier molecular flexibility index (Phi) is 5.46. The fraction of sp³-hybridized carbons (Fsp3) is 0.118. The molecule has 0 saturated heterocycles. The van der Waals surface area contributed by atoms with E-state index in [1.54, 1.807) is 18.2 Å². The normalized spacial score (nSPS) is 9.91. The van der Waals surface area contributed by atoms with Crippen LogP contribution in [0.3, 0.4) is 0 Å². The zero-order valence-electron chi connectivity index (χ0n) is 12.4. The molecule has 6 heteroatoms. The SMILES string of the molecule is NC(=O)C(=O)Nc1ccccc1C(=O)NCCc1ccccc1. The Hall–Kier alpha value is -3.15. The monoisotopic (exact) mass is 311 g/mol. The van der Waals surface area contributed by atoms with Crippen LogP contribution in [0.5, 0.6) is 0 Å². The lowest BCUT2D eigenvalue weighted by atomic mass is 10.1. The molecule has 0 saturated carbocycles. The van der Waals surface area contributed by atoms with E-state index in [2.05, 4.69) is 10.6 Å². The van der Waals surface area contributed by atoms with Crippen molar-refractivity contribution in [1.82, 2.24) is 5.32 Å². The first-order chi connectivity index (χ1) is 11.1. The summed E-state index contributed by atoms with van der Waals surface area (Å²) in [4.78, 5) is 34.4. The van der Waals surface area contributed by atoms with Gasteiger partial charge in [-0.05, 0) is 24.1 Å². The molecule has 118 valence electrons. The second-order valence-electron chi connectivity index (χ2n) is 4.86. The standard InChI is InChI=1S/C17H17N3O3/c18-15(21)17(23)20-14-9-5-4-8-13(14)16(22)19-11-10-12-6-2-1-3-7-12/h1-9H,10-11H2,(H2,18,21)(H,19,22)(H,20,23). The average Bonchev–Trinajstić information content (AvgIpc) is 2.56. The molecule has 0 aromatic heterocycles. The Morgan fingerprint density at radius 3 is 2.26 bits per heavy atom. The van der Waals surface area contributed by atoms with Gasteiger partial charge in [0.1, 0.15) is 0 Å². The van der Waals surface area contributed by atoms with Crippen molar-refractivity contribution >= 4 is 23.4 Å². The first kappa shape index (κ1) is 16.2. The van der Waals surface area contributed by atoms with Crippen molar-refractivity contribution in [3.05, 3.63) is 65.7 Å². The van der Waals surface area contributed by atoms with E-state index in [4.69, 9.17) is 5.73 Å². The fourth-order valence-electron chi connectivity index (χ4n) is 2.03. The van der Waals surface area contributed by atoms with Gasteiger partial charge in [-0.2, -0.15) is 0 Å². The molecule has 3 amide bonds. The van der Waals surface area contributed by atoms with E-state index in [0.717, 1.165) is 5.56 Å². The molecule has 0 unspecified atom stereocenters. The first-order valence-electron chi connectivity index (χ1n) is 7.10. The largest absolute Gasteiger partial charge is 0.361 e. The van der Waals surface area contributed by atoms with E-state index in [-0.39, 0.29) is 17.2 Å². The molecule has 0 aliphatic heterocycles. The van der Waals surface area contributed by atoms with E-state index in [0.29, 0.717) is 13.0 Å². The van der Waals surface area contributed by atoms with Crippen LogP contribution in [-0.2, 0) is 16.0 Å². The van der Waals surface area contributed by atoms with Crippen LogP contribution in [0.1, 0.15) is 15.9 Å². The van der Waals surface area contributed by atoms with Gasteiger partial charge in [0.05, 0.1) is 11.3 Å². The number of carbonyl (C=O) groups excluding carboxylic acids is 3. The van der Waals surface area contributed by atoms with Crippen molar-refractivity contribution in [1.29, 1.82) is 0 Å². The maximum Gasteiger partial charge on any atom is 0.313 e. The van der Waals surface area contributed by atoms with E-state index in [9.17, 15) is 14.4 Å². The lowest BCUT2D eigenvalue weighted by Gasteiger charge is -2.10. The number of hydrogen-bond acceptors (Lipinski definition) is 3. The molecular weight excluding hydrogens is 294 g/mol. The molecule has 2 aromatic rings. The summed E-state index contributed by atoms with van der Waals surface area (Å²) in [6.45, 7) is 0.459. The second kappa shape index (κ2) is 7.74. The number of nitrogens with two attached hydrogens (primary N) is 1. The van der Waals surface area contributed by atoms with Gasteiger partial charge >= 0.3 is 11.8 Å². The van der Waals surface area contributed by atoms with E-state index in [1.165, 1.54) is 6.07 Å². The van der Waals surface area contributed by atoms with Crippen molar-refractivity contribution in [2.45, 2.75) is 6.42 Å². The molecule has 0 aliphatic rings. The van der Waals surface area contributed by atoms with Gasteiger partial charge in [-0.3, -0.25) is 14.4 Å². The van der Waals surface area contributed by atoms with Crippen molar-refractivity contribution < 1.29 is 14.4 Å². The summed E-state index contributed by atoms with van der Waals surface area (Å²) in [6.07, 6.45) is 0.697. The number of nitrogens with one attached hydrogen (secondary N) is 2. The van der Waals surface area contributed by atoms with Gasteiger partial charge in [0.15, 0.2) is 0 Å². The lowest BCUT2D eigenvalue weighted by molar-refractivity contribution is -0.134.